The quantitative estimate of drug-likeness (QED) is 0.752. The van der Waals surface area contributed by atoms with E-state index >= 15 is 0 Å². The molecule has 2 aliphatic carbocycles. The van der Waals surface area contributed by atoms with E-state index in [1.165, 1.54) is 42.4 Å². The fourth-order valence-electron chi connectivity index (χ4n) is 5.98. The number of carbonyl (C=O) groups is 1. The van der Waals surface area contributed by atoms with Gasteiger partial charge in [0.05, 0.1) is 0 Å². The third kappa shape index (κ3) is 2.75. The Morgan fingerprint density at radius 1 is 1.11 bits per heavy atom. The summed E-state index contributed by atoms with van der Waals surface area (Å²) in [6.07, 6.45) is 8.31. The van der Waals surface area contributed by atoms with Crippen LogP contribution in [0.2, 0.25) is 0 Å². The lowest BCUT2D eigenvalue weighted by Crippen LogP contribution is -2.60. The van der Waals surface area contributed by atoms with Gasteiger partial charge in [0.1, 0.15) is 12.4 Å². The molecule has 1 saturated heterocycles. The summed E-state index contributed by atoms with van der Waals surface area (Å²) in [6.45, 7) is 1.51. The molecule has 3 heteroatoms. The van der Waals surface area contributed by atoms with E-state index in [0.717, 1.165) is 31.5 Å². The lowest BCUT2D eigenvalue weighted by Gasteiger charge is -2.58. The fraction of sp³-hybridized carbons (Fsp3) is 0.458. The minimum absolute atomic E-state index is 0.252. The molecule has 1 saturated carbocycles. The van der Waals surface area contributed by atoms with Crippen LogP contribution in [0.3, 0.4) is 0 Å². The number of amides is 1. The maximum Gasteiger partial charge on any atom is 0.209 e. The van der Waals surface area contributed by atoms with Crippen molar-refractivity contribution in [2.45, 2.75) is 56.6 Å². The highest BCUT2D eigenvalue weighted by Crippen LogP contribution is 2.56. The molecule has 1 amide bonds. The van der Waals surface area contributed by atoms with Gasteiger partial charge in [0, 0.05) is 18.0 Å². The van der Waals surface area contributed by atoms with Gasteiger partial charge in [-0.05, 0) is 60.4 Å². The molecule has 2 bridgehead atoms. The number of piperidine rings is 1. The molecule has 1 unspecified atom stereocenters. The zero-order valence-electron chi connectivity index (χ0n) is 15.8. The highest BCUT2D eigenvalue weighted by molar-refractivity contribution is 5.52. The molecule has 1 aliphatic heterocycles. The van der Waals surface area contributed by atoms with Crippen molar-refractivity contribution in [2.75, 3.05) is 6.54 Å². The Balaban J connectivity index is 1.48. The third-order valence-corrected chi connectivity index (χ3v) is 7.23. The first-order valence-corrected chi connectivity index (χ1v) is 10.3. The first kappa shape index (κ1) is 16.9. The molecule has 140 valence electrons. The zero-order chi connectivity index (χ0) is 18.3. The van der Waals surface area contributed by atoms with Crippen molar-refractivity contribution in [3.63, 3.8) is 0 Å². The molecule has 2 fully saturated rings. The molecule has 1 heterocycles. The van der Waals surface area contributed by atoms with Gasteiger partial charge in [0.2, 0.25) is 6.41 Å². The van der Waals surface area contributed by atoms with Gasteiger partial charge in [-0.25, -0.2) is 0 Å². The van der Waals surface area contributed by atoms with Gasteiger partial charge in [0.25, 0.3) is 0 Å². The van der Waals surface area contributed by atoms with Crippen molar-refractivity contribution in [1.29, 1.82) is 0 Å². The van der Waals surface area contributed by atoms with Crippen LogP contribution < -0.4 is 4.74 Å². The Morgan fingerprint density at radius 3 is 2.85 bits per heavy atom. The normalized spacial score (nSPS) is 28.8. The summed E-state index contributed by atoms with van der Waals surface area (Å²) >= 11 is 0. The van der Waals surface area contributed by atoms with E-state index in [-0.39, 0.29) is 5.41 Å². The number of nitrogens with zero attached hydrogens (tertiary/aromatic N) is 1. The second-order valence-corrected chi connectivity index (χ2v) is 8.47. The Bertz CT molecular complexity index is 834. The van der Waals surface area contributed by atoms with Gasteiger partial charge in [-0.3, -0.25) is 4.79 Å². The number of rotatable bonds is 4. The monoisotopic (exact) mass is 361 g/mol. The average Bonchev–Trinajstić information content (AvgIpc) is 2.73. The first-order valence-electron chi connectivity index (χ1n) is 10.3. The van der Waals surface area contributed by atoms with Crippen LogP contribution >= 0.6 is 0 Å². The SMILES string of the molecule is O=CN1CC[C@]23CCCCC2[C@H]1Cc1ccc(OCc2ccccc2)cc13. The van der Waals surface area contributed by atoms with E-state index in [1.54, 1.807) is 0 Å². The summed E-state index contributed by atoms with van der Waals surface area (Å²) in [5.41, 5.74) is 4.39. The van der Waals surface area contributed by atoms with E-state index in [2.05, 4.69) is 47.4 Å². The topological polar surface area (TPSA) is 29.5 Å². The predicted octanol–water partition coefficient (Wildman–Crippen LogP) is 4.48. The molecule has 3 atom stereocenters. The molecule has 3 nitrogen and oxygen atoms in total. The van der Waals surface area contributed by atoms with Gasteiger partial charge >= 0.3 is 0 Å². The summed E-state index contributed by atoms with van der Waals surface area (Å²) in [7, 11) is 0. The van der Waals surface area contributed by atoms with Gasteiger partial charge in [-0.2, -0.15) is 0 Å². The van der Waals surface area contributed by atoms with Crippen LogP contribution in [0.5, 0.6) is 5.75 Å². The Labute approximate surface area is 161 Å². The molecular weight excluding hydrogens is 334 g/mol. The predicted molar refractivity (Wildman–Crippen MR) is 106 cm³/mol. The van der Waals surface area contributed by atoms with Crippen LogP contribution in [-0.4, -0.2) is 23.9 Å². The van der Waals surface area contributed by atoms with Crippen LogP contribution in [0.1, 0.15) is 48.8 Å². The van der Waals surface area contributed by atoms with E-state index in [9.17, 15) is 4.79 Å². The van der Waals surface area contributed by atoms with Crippen molar-refractivity contribution in [3.05, 3.63) is 65.2 Å². The van der Waals surface area contributed by atoms with E-state index < -0.39 is 0 Å². The molecule has 0 N–H and O–H groups in total. The number of ether oxygens (including phenoxy) is 1. The van der Waals surface area contributed by atoms with Gasteiger partial charge in [-0.15, -0.1) is 0 Å². The number of carbonyl (C=O) groups excluding carboxylic acids is 1. The van der Waals surface area contributed by atoms with Gasteiger partial charge < -0.3 is 9.64 Å². The highest BCUT2D eigenvalue weighted by Gasteiger charge is 2.53. The number of hydrogen-bond acceptors (Lipinski definition) is 2. The van der Waals surface area contributed by atoms with Crippen LogP contribution in [0.25, 0.3) is 0 Å². The third-order valence-electron chi connectivity index (χ3n) is 7.23. The van der Waals surface area contributed by atoms with Crippen LogP contribution in [-0.2, 0) is 23.2 Å². The Morgan fingerprint density at radius 2 is 2.00 bits per heavy atom. The maximum atomic E-state index is 11.6. The zero-order valence-corrected chi connectivity index (χ0v) is 15.8. The molecule has 5 rings (SSSR count). The average molecular weight is 361 g/mol. The van der Waals surface area contributed by atoms with Crippen LogP contribution in [0.4, 0.5) is 0 Å². The highest BCUT2D eigenvalue weighted by atomic mass is 16.5. The largest absolute Gasteiger partial charge is 0.489 e. The molecule has 0 aromatic heterocycles. The maximum absolute atomic E-state index is 11.6. The number of hydrogen-bond donors (Lipinski definition) is 0. The number of fused-ring (bicyclic) bond motifs is 1. The fourth-order valence-corrected chi connectivity index (χ4v) is 5.98. The molecular formula is C24H27NO2. The van der Waals surface area contributed by atoms with Gasteiger partial charge in [-0.1, -0.05) is 49.2 Å². The minimum atomic E-state index is 0.252. The second-order valence-electron chi connectivity index (χ2n) is 8.47. The van der Waals surface area contributed by atoms with Crippen molar-refractivity contribution >= 4 is 6.41 Å². The van der Waals surface area contributed by atoms with Crippen molar-refractivity contribution in [3.8, 4) is 5.75 Å². The first-order chi connectivity index (χ1) is 13.3. The molecule has 0 radical (unpaired) electrons. The summed E-state index contributed by atoms with van der Waals surface area (Å²) in [5, 5.41) is 0. The second kappa shape index (κ2) is 6.70. The molecule has 2 aromatic rings. The van der Waals surface area contributed by atoms with E-state index in [0.29, 0.717) is 18.6 Å². The van der Waals surface area contributed by atoms with E-state index in [4.69, 9.17) is 4.74 Å². The van der Waals surface area contributed by atoms with Crippen molar-refractivity contribution in [1.82, 2.24) is 4.90 Å². The summed E-state index contributed by atoms with van der Waals surface area (Å²) in [4.78, 5) is 13.7. The molecule has 2 aromatic carbocycles. The van der Waals surface area contributed by atoms with E-state index in [1.807, 2.05) is 6.07 Å². The lowest BCUT2D eigenvalue weighted by molar-refractivity contribution is -0.126. The lowest BCUT2D eigenvalue weighted by atomic mass is 9.52. The standard InChI is InChI=1S/C24H27NO2/c26-17-25-13-12-24-11-5-4-8-21(24)23(25)14-19-9-10-20(15-22(19)24)27-16-18-6-2-1-3-7-18/h1-3,6-7,9-10,15,17,21,23H,4-5,8,11-14,16H2/t21?,23-,24-/m1/s1. The minimum Gasteiger partial charge on any atom is -0.489 e. The number of likely N-dealkylation sites (tertiary alicyclic amines) is 1. The molecule has 3 aliphatic rings. The summed E-state index contributed by atoms with van der Waals surface area (Å²) in [6, 6.07) is 17.4. The smallest absolute Gasteiger partial charge is 0.209 e. The van der Waals surface area contributed by atoms with Crippen LogP contribution in [0, 0.1) is 5.92 Å². The van der Waals surface area contributed by atoms with Gasteiger partial charge in [0.15, 0.2) is 0 Å². The Kier molecular flexibility index (Phi) is 4.18. The van der Waals surface area contributed by atoms with Crippen molar-refractivity contribution in [2.24, 2.45) is 5.92 Å². The summed E-state index contributed by atoms with van der Waals surface area (Å²) < 4.78 is 6.15. The molecule has 27 heavy (non-hydrogen) atoms. The molecule has 0 spiro atoms. The number of benzene rings is 2. The van der Waals surface area contributed by atoms with Crippen molar-refractivity contribution < 1.29 is 9.53 Å². The summed E-state index contributed by atoms with van der Waals surface area (Å²) in [5.74, 6) is 1.59. The Hall–Kier alpha value is -2.29. The van der Waals surface area contributed by atoms with Crippen LogP contribution in [0.15, 0.2) is 48.5 Å².